The number of nitrogens with two attached hydrogens (primary N) is 2. The number of halogens is 1. The second-order valence-corrected chi connectivity index (χ2v) is 6.00. The highest BCUT2D eigenvalue weighted by Crippen LogP contribution is 2.21. The average Bonchev–Trinajstić information content (AvgIpc) is 2.88. The largest absolute Gasteiger partial charge is 0.480 e. The van der Waals surface area contributed by atoms with Gasteiger partial charge in [-0.25, -0.2) is 4.79 Å². The van der Waals surface area contributed by atoms with Gasteiger partial charge >= 0.3 is 5.97 Å². The normalized spacial score (nSPS) is 12.8. The maximum atomic E-state index is 12.1. The standard InChI is InChI=1S/C17H22N4O4.ClH/c1-21-9-10(11-4-2-3-5-14(11)21)8-13(17(24)25)20-16(23)12(18)6-7-15(19)22;/h2-5,9,12-13H,6-8,18H2,1H3,(H2,19,22)(H,20,23)(H,24,25);1H/t12-,13+;/m0./s1. The van der Waals surface area contributed by atoms with Crippen LogP contribution in [0, 0.1) is 0 Å². The van der Waals surface area contributed by atoms with E-state index in [1.54, 1.807) is 0 Å². The van der Waals surface area contributed by atoms with Gasteiger partial charge in [0.05, 0.1) is 6.04 Å². The number of carboxylic acids is 1. The Hall–Kier alpha value is -2.58. The first-order valence-electron chi connectivity index (χ1n) is 7.89. The lowest BCUT2D eigenvalue weighted by Gasteiger charge is -2.17. The number of carbonyl (C=O) groups is 3. The molecule has 0 bridgehead atoms. The lowest BCUT2D eigenvalue weighted by molar-refractivity contribution is -0.142. The van der Waals surface area contributed by atoms with Gasteiger partial charge in [0.15, 0.2) is 0 Å². The highest BCUT2D eigenvalue weighted by atomic mass is 35.5. The molecule has 0 spiro atoms. The van der Waals surface area contributed by atoms with E-state index in [9.17, 15) is 19.5 Å². The van der Waals surface area contributed by atoms with Gasteiger partial charge in [-0.1, -0.05) is 18.2 Å². The van der Waals surface area contributed by atoms with Crippen LogP contribution in [0.3, 0.4) is 0 Å². The molecule has 0 saturated heterocycles. The number of aromatic nitrogens is 1. The van der Waals surface area contributed by atoms with Gasteiger partial charge in [-0.15, -0.1) is 12.4 Å². The lowest BCUT2D eigenvalue weighted by Crippen LogP contribution is -2.49. The summed E-state index contributed by atoms with van der Waals surface area (Å²) >= 11 is 0. The van der Waals surface area contributed by atoms with E-state index in [2.05, 4.69) is 5.32 Å². The Morgan fingerprint density at radius 2 is 1.92 bits per heavy atom. The Kier molecular flexibility index (Phi) is 7.60. The van der Waals surface area contributed by atoms with Crippen LogP contribution in [-0.2, 0) is 27.9 Å². The zero-order chi connectivity index (χ0) is 18.6. The van der Waals surface area contributed by atoms with Gasteiger partial charge < -0.3 is 26.5 Å². The first kappa shape index (κ1) is 21.5. The molecule has 142 valence electrons. The van der Waals surface area contributed by atoms with Crippen LogP contribution in [0.25, 0.3) is 10.9 Å². The number of hydrogen-bond acceptors (Lipinski definition) is 4. The van der Waals surface area contributed by atoms with E-state index in [0.717, 1.165) is 16.5 Å². The quantitative estimate of drug-likeness (QED) is 0.519. The van der Waals surface area contributed by atoms with Gasteiger partial charge in [0.2, 0.25) is 11.8 Å². The SMILES string of the molecule is Cl.Cn1cc(C[C@@H](NC(=O)[C@@H](N)CCC(N)=O)C(=O)O)c2ccccc21. The van der Waals surface area contributed by atoms with E-state index in [1.807, 2.05) is 42.1 Å². The molecule has 0 aliphatic heterocycles. The van der Waals surface area contributed by atoms with Gasteiger partial charge in [0.25, 0.3) is 0 Å². The molecule has 1 aromatic heterocycles. The first-order valence-corrected chi connectivity index (χ1v) is 7.89. The summed E-state index contributed by atoms with van der Waals surface area (Å²) in [7, 11) is 1.87. The van der Waals surface area contributed by atoms with Crippen LogP contribution in [-0.4, -0.2) is 39.5 Å². The monoisotopic (exact) mass is 382 g/mol. The minimum atomic E-state index is -1.15. The number of aliphatic carboxylic acids is 1. The van der Waals surface area contributed by atoms with E-state index in [1.165, 1.54) is 0 Å². The van der Waals surface area contributed by atoms with Crippen LogP contribution in [0.4, 0.5) is 0 Å². The maximum absolute atomic E-state index is 12.1. The summed E-state index contributed by atoms with van der Waals surface area (Å²) in [5.74, 6) is -2.33. The fraction of sp³-hybridized carbons (Fsp3) is 0.353. The molecule has 26 heavy (non-hydrogen) atoms. The third kappa shape index (κ3) is 5.21. The second-order valence-electron chi connectivity index (χ2n) is 6.00. The second kappa shape index (κ2) is 9.21. The first-order chi connectivity index (χ1) is 11.8. The zero-order valence-corrected chi connectivity index (χ0v) is 15.2. The fourth-order valence-electron chi connectivity index (χ4n) is 2.72. The summed E-state index contributed by atoms with van der Waals surface area (Å²) in [4.78, 5) is 34.4. The minimum Gasteiger partial charge on any atom is -0.480 e. The predicted octanol–water partition coefficient (Wildman–Crippen LogP) is 0.305. The number of carbonyl (C=O) groups excluding carboxylic acids is 2. The van der Waals surface area contributed by atoms with Crippen molar-refractivity contribution in [3.8, 4) is 0 Å². The van der Waals surface area contributed by atoms with Crippen LogP contribution < -0.4 is 16.8 Å². The van der Waals surface area contributed by atoms with Gasteiger partial charge in [-0.2, -0.15) is 0 Å². The van der Waals surface area contributed by atoms with Gasteiger partial charge in [-0.05, 0) is 18.1 Å². The van der Waals surface area contributed by atoms with E-state index >= 15 is 0 Å². The molecule has 0 radical (unpaired) electrons. The summed E-state index contributed by atoms with van der Waals surface area (Å²) in [5, 5.41) is 12.8. The molecule has 0 aliphatic carbocycles. The van der Waals surface area contributed by atoms with Crippen molar-refractivity contribution in [2.75, 3.05) is 0 Å². The fourth-order valence-corrected chi connectivity index (χ4v) is 2.72. The summed E-state index contributed by atoms with van der Waals surface area (Å²) in [6.45, 7) is 0. The summed E-state index contributed by atoms with van der Waals surface area (Å²) in [6.07, 6.45) is 2.02. The van der Waals surface area contributed by atoms with E-state index in [4.69, 9.17) is 11.5 Å². The number of benzene rings is 1. The van der Waals surface area contributed by atoms with Crippen molar-refractivity contribution in [1.82, 2.24) is 9.88 Å². The smallest absolute Gasteiger partial charge is 0.326 e. The van der Waals surface area contributed by atoms with Crippen LogP contribution in [0.1, 0.15) is 18.4 Å². The highest BCUT2D eigenvalue weighted by Gasteiger charge is 2.25. The molecule has 6 N–H and O–H groups in total. The van der Waals surface area contributed by atoms with Crippen LogP contribution in [0.2, 0.25) is 0 Å². The van der Waals surface area contributed by atoms with Crippen molar-refractivity contribution in [2.45, 2.75) is 31.3 Å². The molecule has 2 atom stereocenters. The maximum Gasteiger partial charge on any atom is 0.326 e. The Morgan fingerprint density at radius 1 is 1.27 bits per heavy atom. The van der Waals surface area contributed by atoms with E-state index in [0.29, 0.717) is 0 Å². The van der Waals surface area contributed by atoms with Crippen molar-refractivity contribution in [3.05, 3.63) is 36.0 Å². The highest BCUT2D eigenvalue weighted by molar-refractivity contribution is 5.89. The molecule has 2 rings (SSSR count). The number of para-hydroxylation sites is 1. The number of nitrogens with zero attached hydrogens (tertiary/aromatic N) is 1. The zero-order valence-electron chi connectivity index (χ0n) is 14.3. The van der Waals surface area contributed by atoms with Gasteiger partial charge in [-0.3, -0.25) is 9.59 Å². The van der Waals surface area contributed by atoms with E-state index in [-0.39, 0.29) is 31.7 Å². The molecule has 0 saturated carbocycles. The van der Waals surface area contributed by atoms with Crippen molar-refractivity contribution in [3.63, 3.8) is 0 Å². The number of aryl methyl sites for hydroxylation is 1. The lowest BCUT2D eigenvalue weighted by atomic mass is 10.0. The Balaban J connectivity index is 0.00000338. The number of carboxylic acid groups (broad SMARTS) is 1. The third-order valence-corrected chi connectivity index (χ3v) is 4.06. The van der Waals surface area contributed by atoms with Gasteiger partial charge in [0, 0.05) is 37.0 Å². The number of primary amides is 1. The predicted molar refractivity (Wildman–Crippen MR) is 99.8 cm³/mol. The Labute approximate surface area is 156 Å². The van der Waals surface area contributed by atoms with Crippen LogP contribution in [0.15, 0.2) is 30.5 Å². The van der Waals surface area contributed by atoms with Crippen molar-refractivity contribution >= 4 is 41.1 Å². The minimum absolute atomic E-state index is 0. The van der Waals surface area contributed by atoms with Crippen LogP contribution >= 0.6 is 12.4 Å². The van der Waals surface area contributed by atoms with Crippen molar-refractivity contribution < 1.29 is 19.5 Å². The molecule has 0 fully saturated rings. The summed E-state index contributed by atoms with van der Waals surface area (Å²) in [6, 6.07) is 5.52. The molecular formula is C17H23ClN4O4. The topological polar surface area (TPSA) is 140 Å². The molecule has 1 aromatic carbocycles. The van der Waals surface area contributed by atoms with Gasteiger partial charge in [0.1, 0.15) is 6.04 Å². The third-order valence-electron chi connectivity index (χ3n) is 4.06. The Morgan fingerprint density at radius 3 is 2.54 bits per heavy atom. The molecule has 8 nitrogen and oxygen atoms in total. The Bertz CT molecular complexity index is 805. The molecule has 2 amide bonds. The summed E-state index contributed by atoms with van der Waals surface area (Å²) < 4.78 is 1.91. The summed E-state index contributed by atoms with van der Waals surface area (Å²) in [5.41, 5.74) is 12.5. The molecule has 1 heterocycles. The number of nitrogens with one attached hydrogen (secondary N) is 1. The average molecular weight is 383 g/mol. The molecule has 0 unspecified atom stereocenters. The molecule has 2 aromatic rings. The van der Waals surface area contributed by atoms with E-state index < -0.39 is 29.9 Å². The number of amides is 2. The molecule has 9 heteroatoms. The van der Waals surface area contributed by atoms with Crippen LogP contribution in [0.5, 0.6) is 0 Å². The number of fused-ring (bicyclic) bond motifs is 1. The number of rotatable bonds is 8. The molecular weight excluding hydrogens is 360 g/mol. The molecule has 0 aliphatic rings. The van der Waals surface area contributed by atoms with Crippen molar-refractivity contribution in [2.24, 2.45) is 18.5 Å². The van der Waals surface area contributed by atoms with Crippen molar-refractivity contribution in [1.29, 1.82) is 0 Å². The number of hydrogen-bond donors (Lipinski definition) is 4.